The van der Waals surface area contributed by atoms with Gasteiger partial charge in [-0.25, -0.2) is 9.18 Å². The first-order valence-electron chi connectivity index (χ1n) is 9.60. The maximum Gasteiger partial charge on any atom is 0.317 e. The SMILES string of the molecule is CC(C)C(NC(=O)N1CCN(Cc2ccccc2)CC1)c1ccc(F)cc1. The van der Waals surface area contributed by atoms with E-state index in [4.69, 9.17) is 0 Å². The molecular formula is C22H28FN3O. The molecule has 1 unspecified atom stereocenters. The molecule has 0 radical (unpaired) electrons. The van der Waals surface area contributed by atoms with Gasteiger partial charge in [0.2, 0.25) is 0 Å². The summed E-state index contributed by atoms with van der Waals surface area (Å²) in [5.41, 5.74) is 2.23. The summed E-state index contributed by atoms with van der Waals surface area (Å²) in [4.78, 5) is 17.0. The Kier molecular flexibility index (Phi) is 6.45. The first-order valence-corrected chi connectivity index (χ1v) is 9.60. The average Bonchev–Trinajstić information content (AvgIpc) is 2.68. The van der Waals surface area contributed by atoms with Crippen LogP contribution in [0.2, 0.25) is 0 Å². The minimum atomic E-state index is -0.262. The molecule has 1 fully saturated rings. The van der Waals surface area contributed by atoms with Crippen molar-refractivity contribution in [2.45, 2.75) is 26.4 Å². The Hall–Kier alpha value is -2.40. The summed E-state index contributed by atoms with van der Waals surface area (Å²) < 4.78 is 13.2. The van der Waals surface area contributed by atoms with Crippen LogP contribution >= 0.6 is 0 Å². The van der Waals surface area contributed by atoms with Crippen molar-refractivity contribution in [3.8, 4) is 0 Å². The predicted molar refractivity (Wildman–Crippen MR) is 106 cm³/mol. The third kappa shape index (κ3) is 5.30. The van der Waals surface area contributed by atoms with Gasteiger partial charge in [0.05, 0.1) is 6.04 Å². The molecule has 4 nitrogen and oxygen atoms in total. The van der Waals surface area contributed by atoms with Crippen LogP contribution in [-0.4, -0.2) is 42.0 Å². The number of carbonyl (C=O) groups excluding carboxylic acids is 1. The number of nitrogens with one attached hydrogen (secondary N) is 1. The van der Waals surface area contributed by atoms with Crippen LogP contribution in [0.1, 0.15) is 31.0 Å². The van der Waals surface area contributed by atoms with E-state index in [1.807, 2.05) is 11.0 Å². The molecule has 2 aromatic rings. The van der Waals surface area contributed by atoms with E-state index in [9.17, 15) is 9.18 Å². The maximum atomic E-state index is 13.2. The first-order chi connectivity index (χ1) is 13.0. The molecular weight excluding hydrogens is 341 g/mol. The van der Waals surface area contributed by atoms with Crippen LogP contribution in [0.5, 0.6) is 0 Å². The maximum absolute atomic E-state index is 13.2. The highest BCUT2D eigenvalue weighted by Gasteiger charge is 2.25. The molecule has 0 saturated carbocycles. The summed E-state index contributed by atoms with van der Waals surface area (Å²) in [6, 6.07) is 16.6. The van der Waals surface area contributed by atoms with Gasteiger partial charge in [-0.1, -0.05) is 56.3 Å². The Bertz CT molecular complexity index is 725. The van der Waals surface area contributed by atoms with E-state index in [-0.39, 0.29) is 23.8 Å². The lowest BCUT2D eigenvalue weighted by atomic mass is 9.96. The summed E-state index contributed by atoms with van der Waals surface area (Å²) in [6.07, 6.45) is 0. The molecule has 27 heavy (non-hydrogen) atoms. The minimum absolute atomic E-state index is 0.0441. The fraction of sp³-hybridized carbons (Fsp3) is 0.409. The van der Waals surface area contributed by atoms with Crippen LogP contribution in [0, 0.1) is 11.7 Å². The summed E-state index contributed by atoms with van der Waals surface area (Å²) in [5, 5.41) is 3.13. The molecule has 2 aromatic carbocycles. The summed E-state index contributed by atoms with van der Waals surface area (Å²) in [6.45, 7) is 8.20. The Balaban J connectivity index is 1.54. The predicted octanol–water partition coefficient (Wildman–Crippen LogP) is 4.05. The molecule has 2 amide bonds. The fourth-order valence-electron chi connectivity index (χ4n) is 3.48. The Morgan fingerprint density at radius 3 is 2.22 bits per heavy atom. The van der Waals surface area contributed by atoms with Crippen molar-refractivity contribution >= 4 is 6.03 Å². The summed E-state index contributed by atoms with van der Waals surface area (Å²) in [5.74, 6) is -0.0408. The van der Waals surface area contributed by atoms with Crippen LogP contribution in [0.3, 0.4) is 0 Å². The van der Waals surface area contributed by atoms with Crippen molar-refractivity contribution in [1.29, 1.82) is 0 Å². The van der Waals surface area contributed by atoms with Crippen LogP contribution < -0.4 is 5.32 Å². The molecule has 1 saturated heterocycles. The second-order valence-corrected chi connectivity index (χ2v) is 7.47. The number of benzene rings is 2. The van der Waals surface area contributed by atoms with E-state index in [1.165, 1.54) is 17.7 Å². The zero-order chi connectivity index (χ0) is 19.2. The van der Waals surface area contributed by atoms with Crippen molar-refractivity contribution in [1.82, 2.24) is 15.1 Å². The smallest absolute Gasteiger partial charge is 0.317 e. The lowest BCUT2D eigenvalue weighted by Crippen LogP contribution is -2.52. The van der Waals surface area contributed by atoms with Crippen molar-refractivity contribution in [3.63, 3.8) is 0 Å². The molecule has 0 aliphatic carbocycles. The van der Waals surface area contributed by atoms with Crippen molar-refractivity contribution in [3.05, 3.63) is 71.5 Å². The number of urea groups is 1. The molecule has 144 valence electrons. The second-order valence-electron chi connectivity index (χ2n) is 7.47. The minimum Gasteiger partial charge on any atom is -0.331 e. The summed E-state index contributed by atoms with van der Waals surface area (Å²) >= 11 is 0. The van der Waals surface area contributed by atoms with E-state index in [2.05, 4.69) is 48.3 Å². The number of hydrogen-bond acceptors (Lipinski definition) is 2. The number of piperazine rings is 1. The molecule has 5 heteroatoms. The number of halogens is 1. The third-order valence-corrected chi connectivity index (χ3v) is 5.08. The molecule has 0 aromatic heterocycles. The van der Waals surface area contributed by atoms with Gasteiger partial charge in [0, 0.05) is 32.7 Å². The molecule has 1 heterocycles. The highest BCUT2D eigenvalue weighted by atomic mass is 19.1. The van der Waals surface area contributed by atoms with Crippen LogP contribution in [0.15, 0.2) is 54.6 Å². The second kappa shape index (κ2) is 9.00. The highest BCUT2D eigenvalue weighted by molar-refractivity contribution is 5.75. The van der Waals surface area contributed by atoms with Gasteiger partial charge in [0.25, 0.3) is 0 Å². The first kappa shape index (κ1) is 19.4. The van der Waals surface area contributed by atoms with Crippen LogP contribution in [0.4, 0.5) is 9.18 Å². The highest BCUT2D eigenvalue weighted by Crippen LogP contribution is 2.22. The number of hydrogen-bond donors (Lipinski definition) is 1. The number of amides is 2. The van der Waals surface area contributed by atoms with Crippen molar-refractivity contribution in [2.24, 2.45) is 5.92 Å². The number of nitrogens with zero attached hydrogens (tertiary/aromatic N) is 2. The van der Waals surface area contributed by atoms with Gasteiger partial charge in [0.15, 0.2) is 0 Å². The van der Waals surface area contributed by atoms with Crippen molar-refractivity contribution < 1.29 is 9.18 Å². The van der Waals surface area contributed by atoms with E-state index in [0.29, 0.717) is 13.1 Å². The Morgan fingerprint density at radius 2 is 1.63 bits per heavy atom. The van der Waals surface area contributed by atoms with Crippen LogP contribution in [0.25, 0.3) is 0 Å². The molecule has 0 spiro atoms. The number of carbonyl (C=O) groups is 1. The number of rotatable bonds is 5. The average molecular weight is 369 g/mol. The van der Waals surface area contributed by atoms with Crippen LogP contribution in [-0.2, 0) is 6.54 Å². The lowest BCUT2D eigenvalue weighted by molar-refractivity contribution is 0.131. The van der Waals surface area contributed by atoms with Gasteiger partial charge < -0.3 is 10.2 Å². The van der Waals surface area contributed by atoms with Gasteiger partial charge in [0.1, 0.15) is 5.82 Å². The van der Waals surface area contributed by atoms with Gasteiger partial charge >= 0.3 is 6.03 Å². The zero-order valence-corrected chi connectivity index (χ0v) is 16.1. The molecule has 1 aliphatic heterocycles. The molecule has 3 rings (SSSR count). The lowest BCUT2D eigenvalue weighted by Gasteiger charge is -2.36. The summed E-state index contributed by atoms with van der Waals surface area (Å²) in [7, 11) is 0. The normalized spacial score (nSPS) is 16.4. The Labute approximate surface area is 161 Å². The molecule has 0 bridgehead atoms. The molecule has 1 atom stereocenters. The van der Waals surface area contributed by atoms with Gasteiger partial charge in [-0.15, -0.1) is 0 Å². The standard InChI is InChI=1S/C22H28FN3O/c1-17(2)21(19-8-10-20(23)11-9-19)24-22(27)26-14-12-25(13-15-26)16-18-6-4-3-5-7-18/h3-11,17,21H,12-16H2,1-2H3,(H,24,27). The fourth-order valence-corrected chi connectivity index (χ4v) is 3.48. The van der Waals surface area contributed by atoms with E-state index in [0.717, 1.165) is 25.2 Å². The molecule has 1 N–H and O–H groups in total. The van der Waals surface area contributed by atoms with Gasteiger partial charge in [-0.2, -0.15) is 0 Å². The molecule has 1 aliphatic rings. The third-order valence-electron chi connectivity index (χ3n) is 5.08. The Morgan fingerprint density at radius 1 is 1.00 bits per heavy atom. The largest absolute Gasteiger partial charge is 0.331 e. The topological polar surface area (TPSA) is 35.6 Å². The monoisotopic (exact) mass is 369 g/mol. The van der Waals surface area contributed by atoms with E-state index in [1.54, 1.807) is 12.1 Å². The zero-order valence-electron chi connectivity index (χ0n) is 16.1. The van der Waals surface area contributed by atoms with Crippen molar-refractivity contribution in [2.75, 3.05) is 26.2 Å². The quantitative estimate of drug-likeness (QED) is 0.863. The van der Waals surface area contributed by atoms with Gasteiger partial charge in [-0.3, -0.25) is 4.90 Å². The van der Waals surface area contributed by atoms with E-state index >= 15 is 0 Å². The van der Waals surface area contributed by atoms with Gasteiger partial charge in [-0.05, 0) is 29.2 Å². The van der Waals surface area contributed by atoms with E-state index < -0.39 is 0 Å².